The zero-order valence-corrected chi connectivity index (χ0v) is 16.4. The van der Waals surface area contributed by atoms with Crippen LogP contribution in [0.3, 0.4) is 0 Å². The summed E-state index contributed by atoms with van der Waals surface area (Å²) in [6, 6.07) is 17.8. The maximum atomic E-state index is 6.22. The Morgan fingerprint density at radius 1 is 0.815 bits per heavy atom. The van der Waals surface area contributed by atoms with Crippen molar-refractivity contribution in [2.24, 2.45) is 23.7 Å². The number of aryl methyl sites for hydroxylation is 1. The summed E-state index contributed by atoms with van der Waals surface area (Å²) in [5.74, 6) is 4.94. The fourth-order valence-corrected chi connectivity index (χ4v) is 6.20. The Bertz CT molecular complexity index is 770. The summed E-state index contributed by atoms with van der Waals surface area (Å²) in [5, 5.41) is 3.95. The Labute approximate surface area is 163 Å². The van der Waals surface area contributed by atoms with E-state index in [1.807, 2.05) is 0 Å². The van der Waals surface area contributed by atoms with Crippen molar-refractivity contribution in [1.82, 2.24) is 5.32 Å². The predicted octanol–water partition coefficient (Wildman–Crippen LogP) is 5.49. The van der Waals surface area contributed by atoms with Gasteiger partial charge in [-0.3, -0.25) is 0 Å². The SMILES string of the molecule is Cc1ccccc1COc1ccccc1CNC1C2CC3CC(C2)CC1C3. The number of hydrogen-bond donors (Lipinski definition) is 1. The molecule has 4 aliphatic rings. The summed E-state index contributed by atoms with van der Waals surface area (Å²) in [6.45, 7) is 3.72. The molecule has 0 unspecified atom stereocenters. The molecule has 4 saturated carbocycles. The van der Waals surface area contributed by atoms with Gasteiger partial charge in [0.25, 0.3) is 0 Å². The second-order valence-corrected chi connectivity index (χ2v) is 9.16. The van der Waals surface area contributed by atoms with Gasteiger partial charge in [-0.2, -0.15) is 0 Å². The Balaban J connectivity index is 1.24. The number of ether oxygens (including phenoxy) is 1. The van der Waals surface area contributed by atoms with Crippen LogP contribution in [0.25, 0.3) is 0 Å². The lowest BCUT2D eigenvalue weighted by molar-refractivity contribution is -0.0143. The number of nitrogens with one attached hydrogen (secondary N) is 1. The first-order chi connectivity index (χ1) is 13.3. The lowest BCUT2D eigenvalue weighted by Gasteiger charge is -2.54. The molecule has 2 aromatic carbocycles. The van der Waals surface area contributed by atoms with Crippen LogP contribution < -0.4 is 10.1 Å². The van der Waals surface area contributed by atoms with Crippen molar-refractivity contribution in [2.75, 3.05) is 0 Å². The van der Waals surface area contributed by atoms with Gasteiger partial charge >= 0.3 is 0 Å². The van der Waals surface area contributed by atoms with Crippen molar-refractivity contribution < 1.29 is 4.74 Å². The third kappa shape index (κ3) is 3.52. The molecule has 0 atom stereocenters. The van der Waals surface area contributed by atoms with Gasteiger partial charge < -0.3 is 10.1 Å². The Morgan fingerprint density at radius 3 is 2.15 bits per heavy atom. The van der Waals surface area contributed by atoms with Crippen molar-refractivity contribution in [1.29, 1.82) is 0 Å². The van der Waals surface area contributed by atoms with E-state index in [9.17, 15) is 0 Å². The second-order valence-electron chi connectivity index (χ2n) is 9.16. The maximum absolute atomic E-state index is 6.22. The highest BCUT2D eigenvalue weighted by atomic mass is 16.5. The zero-order valence-electron chi connectivity index (χ0n) is 16.4. The molecular formula is C25H31NO. The van der Waals surface area contributed by atoms with Crippen LogP contribution >= 0.6 is 0 Å². The summed E-state index contributed by atoms with van der Waals surface area (Å²) in [5.41, 5.74) is 3.85. The van der Waals surface area contributed by atoms with Crippen molar-refractivity contribution in [3.63, 3.8) is 0 Å². The van der Waals surface area contributed by atoms with Crippen LogP contribution in [0.4, 0.5) is 0 Å². The lowest BCUT2D eigenvalue weighted by Crippen LogP contribution is -2.54. The molecule has 0 saturated heterocycles. The van der Waals surface area contributed by atoms with E-state index in [-0.39, 0.29) is 0 Å². The molecule has 0 aromatic heterocycles. The smallest absolute Gasteiger partial charge is 0.124 e. The minimum absolute atomic E-state index is 0.641. The summed E-state index contributed by atoms with van der Waals surface area (Å²) >= 11 is 0. The van der Waals surface area contributed by atoms with Gasteiger partial charge in [-0.25, -0.2) is 0 Å². The standard InChI is InChI=1S/C25H31NO/c1-17-6-2-3-8-21(17)16-27-24-9-5-4-7-20(24)15-26-25-22-11-18-10-19(13-22)14-23(25)12-18/h2-9,18-19,22-23,25-26H,10-16H2,1H3. The van der Waals surface area contributed by atoms with E-state index >= 15 is 0 Å². The summed E-state index contributed by atoms with van der Waals surface area (Å²) in [7, 11) is 0. The van der Waals surface area contributed by atoms with Crippen molar-refractivity contribution >= 4 is 0 Å². The van der Waals surface area contributed by atoms with Gasteiger partial charge in [0, 0.05) is 18.2 Å². The largest absolute Gasteiger partial charge is 0.489 e. The van der Waals surface area contributed by atoms with Crippen LogP contribution in [0.1, 0.15) is 48.8 Å². The van der Waals surface area contributed by atoms with Crippen LogP contribution in [0, 0.1) is 30.6 Å². The molecule has 0 radical (unpaired) electrons. The quantitative estimate of drug-likeness (QED) is 0.735. The van der Waals surface area contributed by atoms with Gasteiger partial charge in [-0.05, 0) is 79.9 Å². The zero-order chi connectivity index (χ0) is 18.2. The number of hydrogen-bond acceptors (Lipinski definition) is 2. The van der Waals surface area contributed by atoms with Crippen molar-refractivity contribution in [2.45, 2.75) is 58.2 Å². The molecule has 4 aliphatic carbocycles. The second kappa shape index (κ2) is 7.31. The Morgan fingerprint density at radius 2 is 1.44 bits per heavy atom. The minimum atomic E-state index is 0.641. The van der Waals surface area contributed by atoms with E-state index in [2.05, 4.69) is 60.8 Å². The van der Waals surface area contributed by atoms with Gasteiger partial charge in [0.15, 0.2) is 0 Å². The monoisotopic (exact) mass is 361 g/mol. The van der Waals surface area contributed by atoms with E-state index in [1.165, 1.54) is 48.8 Å². The van der Waals surface area contributed by atoms with Crippen LogP contribution in [0.5, 0.6) is 5.75 Å². The van der Waals surface area contributed by atoms with Crippen LogP contribution in [0.15, 0.2) is 48.5 Å². The third-order valence-corrected chi connectivity index (χ3v) is 7.37. The fourth-order valence-electron chi connectivity index (χ4n) is 6.20. The van der Waals surface area contributed by atoms with Gasteiger partial charge in [0.1, 0.15) is 12.4 Å². The first kappa shape index (κ1) is 17.3. The first-order valence-electron chi connectivity index (χ1n) is 10.7. The number of para-hydroxylation sites is 1. The summed E-state index contributed by atoms with van der Waals surface area (Å²) < 4.78 is 6.22. The summed E-state index contributed by atoms with van der Waals surface area (Å²) in [6.07, 6.45) is 7.40. The topological polar surface area (TPSA) is 21.3 Å². The predicted molar refractivity (Wildman–Crippen MR) is 110 cm³/mol. The van der Waals surface area contributed by atoms with Crippen LogP contribution in [-0.2, 0) is 13.2 Å². The van der Waals surface area contributed by atoms with E-state index in [1.54, 1.807) is 0 Å². The Hall–Kier alpha value is -1.80. The van der Waals surface area contributed by atoms with E-state index in [0.717, 1.165) is 42.0 Å². The number of benzene rings is 2. The molecule has 2 aromatic rings. The molecule has 1 N–H and O–H groups in total. The molecule has 2 nitrogen and oxygen atoms in total. The lowest BCUT2D eigenvalue weighted by atomic mass is 9.54. The maximum Gasteiger partial charge on any atom is 0.124 e. The fraction of sp³-hybridized carbons (Fsp3) is 0.520. The number of rotatable bonds is 6. The van der Waals surface area contributed by atoms with E-state index in [4.69, 9.17) is 4.74 Å². The molecule has 4 fully saturated rings. The van der Waals surface area contributed by atoms with Gasteiger partial charge in [0.05, 0.1) is 0 Å². The Kier molecular flexibility index (Phi) is 4.69. The molecule has 0 amide bonds. The van der Waals surface area contributed by atoms with Gasteiger partial charge in [-0.1, -0.05) is 42.5 Å². The van der Waals surface area contributed by atoms with Gasteiger partial charge in [0.2, 0.25) is 0 Å². The van der Waals surface area contributed by atoms with E-state index < -0.39 is 0 Å². The molecule has 142 valence electrons. The molecular weight excluding hydrogens is 330 g/mol. The first-order valence-corrected chi connectivity index (χ1v) is 10.7. The molecule has 0 spiro atoms. The molecule has 27 heavy (non-hydrogen) atoms. The highest BCUT2D eigenvalue weighted by molar-refractivity contribution is 5.34. The molecule has 4 bridgehead atoms. The highest BCUT2D eigenvalue weighted by Gasteiger charge is 2.47. The van der Waals surface area contributed by atoms with Crippen LogP contribution in [0.2, 0.25) is 0 Å². The van der Waals surface area contributed by atoms with E-state index in [0.29, 0.717) is 6.61 Å². The van der Waals surface area contributed by atoms with Gasteiger partial charge in [-0.15, -0.1) is 0 Å². The average molecular weight is 362 g/mol. The average Bonchev–Trinajstić information content (AvgIpc) is 2.67. The highest BCUT2D eigenvalue weighted by Crippen LogP contribution is 2.53. The minimum Gasteiger partial charge on any atom is -0.489 e. The third-order valence-electron chi connectivity index (χ3n) is 7.37. The summed E-state index contributed by atoms with van der Waals surface area (Å²) in [4.78, 5) is 0. The van der Waals surface area contributed by atoms with Crippen molar-refractivity contribution in [3.05, 3.63) is 65.2 Å². The molecule has 0 aliphatic heterocycles. The van der Waals surface area contributed by atoms with Crippen molar-refractivity contribution in [3.8, 4) is 5.75 Å². The molecule has 6 rings (SSSR count). The normalized spacial score (nSPS) is 31.2. The van der Waals surface area contributed by atoms with Crippen LogP contribution in [-0.4, -0.2) is 6.04 Å². The molecule has 0 heterocycles. The molecule has 2 heteroatoms.